The molecule has 0 nitrogen and oxygen atoms in total. The maximum atomic E-state index is 4.27. The highest BCUT2D eigenvalue weighted by Crippen LogP contribution is 2.15. The zero-order chi connectivity index (χ0) is 19.0. The van der Waals surface area contributed by atoms with Crippen LogP contribution in [0.15, 0.2) is 0 Å². The van der Waals surface area contributed by atoms with Gasteiger partial charge >= 0.3 is 0 Å². The van der Waals surface area contributed by atoms with Crippen LogP contribution in [0.4, 0.5) is 0 Å². The summed E-state index contributed by atoms with van der Waals surface area (Å²) in [5, 5.41) is 0. The van der Waals surface area contributed by atoms with Crippen LogP contribution in [0.25, 0.3) is 0 Å². The monoisotopic (exact) mass is 496 g/mol. The van der Waals surface area contributed by atoms with Gasteiger partial charge in [0.1, 0.15) is 0 Å². The predicted octanol–water partition coefficient (Wildman–Crippen LogP) is 9.93. The highest BCUT2D eigenvalue weighted by atomic mass is 127. The Morgan fingerprint density at radius 2 is 0.500 bits per heavy atom. The van der Waals surface area contributed by atoms with Crippen LogP contribution in [0, 0.1) is 0 Å². The molecule has 0 saturated carbocycles. The van der Waals surface area contributed by atoms with E-state index >= 15 is 0 Å². The van der Waals surface area contributed by atoms with Crippen molar-refractivity contribution in [1.82, 2.24) is 0 Å². The Labute approximate surface area is 186 Å². The fourth-order valence-corrected chi connectivity index (χ4v) is 4.50. The number of unbranched alkanes of at least 4 members (excludes halogenated alkanes) is 21. The van der Waals surface area contributed by atoms with Crippen LogP contribution in [0.2, 0.25) is 0 Å². The molecule has 0 bridgehead atoms. The number of hydrogen-bond donors (Lipinski definition) is 1. The third-order valence-electron chi connectivity index (χ3n) is 5.54. The van der Waals surface area contributed by atoms with Gasteiger partial charge in [-0.2, -0.15) is 12.6 Å². The van der Waals surface area contributed by atoms with Crippen molar-refractivity contribution in [1.29, 1.82) is 0 Å². The van der Waals surface area contributed by atoms with E-state index in [1.54, 1.807) is 0 Å². The Morgan fingerprint density at radius 3 is 0.692 bits per heavy atom. The van der Waals surface area contributed by atoms with Gasteiger partial charge in [0.15, 0.2) is 0 Å². The van der Waals surface area contributed by atoms with Crippen molar-refractivity contribution >= 4 is 35.2 Å². The predicted molar refractivity (Wildman–Crippen MR) is 134 cm³/mol. The van der Waals surface area contributed by atoms with Crippen LogP contribution in [-0.2, 0) is 0 Å². The zero-order valence-electron chi connectivity index (χ0n) is 17.8. The number of halogens is 1. The molecule has 0 radical (unpaired) electrons. The average molecular weight is 497 g/mol. The summed E-state index contributed by atoms with van der Waals surface area (Å²) in [5.41, 5.74) is 0. The normalized spacial score (nSPS) is 11.3. The molecule has 0 aromatic rings. The molecule has 0 aliphatic heterocycles. The molecule has 0 aliphatic rings. The van der Waals surface area contributed by atoms with Crippen molar-refractivity contribution in [2.45, 2.75) is 141 Å². The van der Waals surface area contributed by atoms with Gasteiger partial charge < -0.3 is 0 Å². The van der Waals surface area contributed by atoms with Gasteiger partial charge in [-0.1, -0.05) is 151 Å². The Kier molecular flexibility index (Phi) is 27.2. The van der Waals surface area contributed by atoms with Gasteiger partial charge in [-0.3, -0.25) is 0 Å². The molecule has 0 aliphatic carbocycles. The van der Waals surface area contributed by atoms with E-state index in [1.165, 1.54) is 146 Å². The second-order valence-corrected chi connectivity index (χ2v) is 9.72. The fourth-order valence-electron chi connectivity index (χ4n) is 3.74. The molecule has 0 rings (SSSR count). The third kappa shape index (κ3) is 25.1. The largest absolute Gasteiger partial charge is 0.179 e. The smallest absolute Gasteiger partial charge is 0.000473 e. The molecule has 0 amide bonds. The first kappa shape index (κ1) is 27.1. The molecule has 0 heterocycles. The van der Waals surface area contributed by atoms with Gasteiger partial charge in [0.25, 0.3) is 0 Å². The van der Waals surface area contributed by atoms with Crippen molar-refractivity contribution in [3.05, 3.63) is 0 Å². The lowest BCUT2D eigenvalue weighted by Crippen LogP contribution is -1.84. The summed E-state index contributed by atoms with van der Waals surface area (Å²) in [6, 6.07) is 0. The first-order valence-electron chi connectivity index (χ1n) is 12.1. The molecular weight excluding hydrogens is 447 g/mol. The minimum atomic E-state index is 1.07. The summed E-state index contributed by atoms with van der Waals surface area (Å²) >= 11 is 6.76. The number of thiol groups is 1. The summed E-state index contributed by atoms with van der Waals surface area (Å²) in [5.74, 6) is 1.07. The van der Waals surface area contributed by atoms with E-state index in [0.717, 1.165) is 5.75 Å². The maximum Gasteiger partial charge on any atom is -0.000473 e. The van der Waals surface area contributed by atoms with Crippen LogP contribution in [0.3, 0.4) is 0 Å². The molecule has 0 aromatic heterocycles. The maximum absolute atomic E-state index is 4.27. The highest BCUT2D eigenvalue weighted by molar-refractivity contribution is 14.1. The Balaban J connectivity index is 2.95. The van der Waals surface area contributed by atoms with Crippen LogP contribution >= 0.6 is 35.2 Å². The van der Waals surface area contributed by atoms with E-state index in [4.69, 9.17) is 0 Å². The van der Waals surface area contributed by atoms with E-state index in [1.807, 2.05) is 0 Å². The second-order valence-electron chi connectivity index (χ2n) is 8.19. The van der Waals surface area contributed by atoms with E-state index < -0.39 is 0 Å². The van der Waals surface area contributed by atoms with Crippen molar-refractivity contribution in [3.63, 3.8) is 0 Å². The summed E-state index contributed by atoms with van der Waals surface area (Å²) < 4.78 is 1.34. The molecule has 0 spiro atoms. The quantitative estimate of drug-likeness (QED) is 0.0619. The first-order valence-corrected chi connectivity index (χ1v) is 14.2. The van der Waals surface area contributed by atoms with Gasteiger partial charge in [0, 0.05) is 0 Å². The van der Waals surface area contributed by atoms with Crippen LogP contribution in [-0.4, -0.2) is 10.2 Å². The van der Waals surface area contributed by atoms with E-state index in [-0.39, 0.29) is 0 Å². The van der Waals surface area contributed by atoms with Crippen LogP contribution in [0.5, 0.6) is 0 Å². The van der Waals surface area contributed by atoms with E-state index in [2.05, 4.69) is 35.2 Å². The molecule has 2 heteroatoms. The lowest BCUT2D eigenvalue weighted by Gasteiger charge is -2.04. The van der Waals surface area contributed by atoms with Crippen molar-refractivity contribution in [3.8, 4) is 0 Å². The third-order valence-corrected chi connectivity index (χ3v) is 6.62. The van der Waals surface area contributed by atoms with Crippen molar-refractivity contribution in [2.75, 3.05) is 10.2 Å². The molecular formula is C24H49IS. The Bertz CT molecular complexity index is 208. The molecule has 0 fully saturated rings. The minimum Gasteiger partial charge on any atom is -0.179 e. The van der Waals surface area contributed by atoms with Gasteiger partial charge in [0.05, 0.1) is 0 Å². The Hall–Kier alpha value is 1.08. The highest BCUT2D eigenvalue weighted by Gasteiger charge is 1.95. The SMILES string of the molecule is SCCCCCCCCCCCCCCCCCCCCCCCCI. The van der Waals surface area contributed by atoms with Crippen LogP contribution in [0.1, 0.15) is 141 Å². The molecule has 0 N–H and O–H groups in total. The molecule has 26 heavy (non-hydrogen) atoms. The van der Waals surface area contributed by atoms with Gasteiger partial charge in [-0.05, 0) is 23.0 Å². The van der Waals surface area contributed by atoms with E-state index in [0.29, 0.717) is 0 Å². The van der Waals surface area contributed by atoms with Gasteiger partial charge in [0.2, 0.25) is 0 Å². The summed E-state index contributed by atoms with van der Waals surface area (Å²) in [6.45, 7) is 0. The Morgan fingerprint density at radius 1 is 0.308 bits per heavy atom. The first-order chi connectivity index (χ1) is 12.9. The zero-order valence-corrected chi connectivity index (χ0v) is 20.8. The number of hydrogen-bond acceptors (Lipinski definition) is 1. The minimum absolute atomic E-state index is 1.07. The second kappa shape index (κ2) is 26.1. The van der Waals surface area contributed by atoms with Crippen LogP contribution < -0.4 is 0 Å². The number of rotatable bonds is 23. The molecule has 0 aromatic carbocycles. The molecule has 0 unspecified atom stereocenters. The molecule has 0 atom stereocenters. The lowest BCUT2D eigenvalue weighted by molar-refractivity contribution is 0.520. The van der Waals surface area contributed by atoms with Gasteiger partial charge in [-0.25, -0.2) is 0 Å². The van der Waals surface area contributed by atoms with Gasteiger partial charge in [-0.15, -0.1) is 0 Å². The van der Waals surface area contributed by atoms with Crippen molar-refractivity contribution in [2.24, 2.45) is 0 Å². The lowest BCUT2D eigenvalue weighted by atomic mass is 10.0. The average Bonchev–Trinajstić information content (AvgIpc) is 2.66. The standard InChI is InChI=1S/C24H49IS/c25-23-21-19-17-15-13-11-9-7-5-3-1-2-4-6-8-10-12-14-16-18-20-22-24-26/h26H,1-24H2. The summed E-state index contributed by atoms with van der Waals surface area (Å²) in [6.07, 6.45) is 32.2. The van der Waals surface area contributed by atoms with E-state index in [9.17, 15) is 0 Å². The fraction of sp³-hybridized carbons (Fsp3) is 1.00. The van der Waals surface area contributed by atoms with Crippen molar-refractivity contribution < 1.29 is 0 Å². The number of alkyl halides is 1. The molecule has 0 saturated heterocycles. The molecule has 158 valence electrons. The summed E-state index contributed by atoms with van der Waals surface area (Å²) in [4.78, 5) is 0. The summed E-state index contributed by atoms with van der Waals surface area (Å²) in [7, 11) is 0. The topological polar surface area (TPSA) is 0 Å².